The van der Waals surface area contributed by atoms with Crippen molar-refractivity contribution in [1.82, 2.24) is 9.97 Å². The van der Waals surface area contributed by atoms with Gasteiger partial charge in [-0.05, 0) is 13.3 Å². The van der Waals surface area contributed by atoms with Crippen molar-refractivity contribution in [3.05, 3.63) is 11.9 Å². The van der Waals surface area contributed by atoms with Gasteiger partial charge in [0.2, 0.25) is 0 Å². The largest absolute Gasteiger partial charge is 0.370 e. The molecule has 0 aliphatic carbocycles. The van der Waals surface area contributed by atoms with Gasteiger partial charge in [0.25, 0.3) is 0 Å². The van der Waals surface area contributed by atoms with E-state index >= 15 is 0 Å². The molecule has 4 heteroatoms. The summed E-state index contributed by atoms with van der Waals surface area (Å²) in [5, 5.41) is 6.59. The van der Waals surface area contributed by atoms with Crippen LogP contribution < -0.4 is 10.6 Å². The monoisotopic (exact) mass is 236 g/mol. The van der Waals surface area contributed by atoms with Gasteiger partial charge in [-0.2, -0.15) is 0 Å². The molecule has 4 nitrogen and oxygen atoms in total. The van der Waals surface area contributed by atoms with Crippen LogP contribution >= 0.6 is 0 Å². The van der Waals surface area contributed by atoms with Crippen molar-refractivity contribution in [2.75, 3.05) is 23.7 Å². The van der Waals surface area contributed by atoms with Crippen LogP contribution in [-0.2, 0) is 0 Å². The molecule has 0 bridgehead atoms. The number of unbranched alkanes of at least 4 members (excludes halogenated alkanes) is 1. The zero-order valence-electron chi connectivity index (χ0n) is 11.4. The van der Waals surface area contributed by atoms with E-state index in [0.717, 1.165) is 37.0 Å². The normalized spacial score (nSPS) is 10.6. The molecule has 0 aliphatic rings. The van der Waals surface area contributed by atoms with E-state index in [-0.39, 0.29) is 0 Å². The summed E-state index contributed by atoms with van der Waals surface area (Å²) in [7, 11) is 0. The first-order valence-electron chi connectivity index (χ1n) is 6.54. The van der Waals surface area contributed by atoms with Crippen LogP contribution in [0.2, 0.25) is 0 Å². The first kappa shape index (κ1) is 13.7. The minimum absolute atomic E-state index is 0.348. The van der Waals surface area contributed by atoms with E-state index in [2.05, 4.69) is 48.3 Å². The minimum atomic E-state index is 0.348. The number of hydrogen-bond acceptors (Lipinski definition) is 4. The molecule has 0 saturated carbocycles. The van der Waals surface area contributed by atoms with E-state index in [0.29, 0.717) is 5.92 Å². The second-order valence-electron chi connectivity index (χ2n) is 4.46. The van der Waals surface area contributed by atoms with E-state index < -0.39 is 0 Å². The molecular weight excluding hydrogens is 212 g/mol. The Bertz CT molecular complexity index is 336. The standard InChI is InChI=1S/C13H24N4/c1-5-7-8-15-12-9-11(14-6-2)16-13(17-12)10(3)4/h9-10H,5-8H2,1-4H3,(H2,14,15,16,17). The Morgan fingerprint density at radius 3 is 2.29 bits per heavy atom. The zero-order chi connectivity index (χ0) is 12.7. The van der Waals surface area contributed by atoms with Crippen molar-refractivity contribution in [2.45, 2.75) is 46.5 Å². The molecule has 0 fully saturated rings. The molecule has 0 atom stereocenters. The molecule has 0 aliphatic heterocycles. The summed E-state index contributed by atoms with van der Waals surface area (Å²) in [5.41, 5.74) is 0. The number of nitrogens with zero attached hydrogens (tertiary/aromatic N) is 2. The number of nitrogens with one attached hydrogen (secondary N) is 2. The molecule has 2 N–H and O–H groups in total. The molecule has 0 amide bonds. The van der Waals surface area contributed by atoms with Gasteiger partial charge < -0.3 is 10.6 Å². The maximum Gasteiger partial charge on any atom is 0.135 e. The molecule has 1 rings (SSSR count). The van der Waals surface area contributed by atoms with Crippen LogP contribution in [-0.4, -0.2) is 23.1 Å². The summed E-state index contributed by atoms with van der Waals surface area (Å²) < 4.78 is 0. The Kier molecular flexibility index (Phi) is 5.73. The first-order chi connectivity index (χ1) is 8.17. The predicted molar refractivity (Wildman–Crippen MR) is 73.7 cm³/mol. The fraction of sp³-hybridized carbons (Fsp3) is 0.692. The van der Waals surface area contributed by atoms with Crippen LogP contribution in [0.3, 0.4) is 0 Å². The van der Waals surface area contributed by atoms with E-state index in [4.69, 9.17) is 0 Å². The summed E-state index contributed by atoms with van der Waals surface area (Å²) >= 11 is 0. The van der Waals surface area contributed by atoms with Crippen molar-refractivity contribution in [1.29, 1.82) is 0 Å². The Morgan fingerprint density at radius 1 is 1.12 bits per heavy atom. The summed E-state index contributed by atoms with van der Waals surface area (Å²) in [6.45, 7) is 10.3. The minimum Gasteiger partial charge on any atom is -0.370 e. The molecule has 17 heavy (non-hydrogen) atoms. The summed E-state index contributed by atoms with van der Waals surface area (Å²) in [6.07, 6.45) is 2.35. The number of rotatable bonds is 7. The number of anilines is 2. The third kappa shape index (κ3) is 4.59. The van der Waals surface area contributed by atoms with E-state index in [9.17, 15) is 0 Å². The Hall–Kier alpha value is -1.32. The van der Waals surface area contributed by atoms with Gasteiger partial charge in [0.1, 0.15) is 17.5 Å². The van der Waals surface area contributed by atoms with Crippen LogP contribution in [0.5, 0.6) is 0 Å². The maximum absolute atomic E-state index is 4.52. The van der Waals surface area contributed by atoms with Crippen LogP contribution in [0.4, 0.5) is 11.6 Å². The van der Waals surface area contributed by atoms with Crippen molar-refractivity contribution in [2.24, 2.45) is 0 Å². The van der Waals surface area contributed by atoms with Gasteiger partial charge in [-0.3, -0.25) is 0 Å². The second kappa shape index (κ2) is 7.09. The van der Waals surface area contributed by atoms with Gasteiger partial charge in [0, 0.05) is 25.1 Å². The average molecular weight is 236 g/mol. The molecule has 0 saturated heterocycles. The van der Waals surface area contributed by atoms with E-state index in [1.807, 2.05) is 6.07 Å². The lowest BCUT2D eigenvalue weighted by atomic mass is 10.2. The molecule has 0 aromatic carbocycles. The highest BCUT2D eigenvalue weighted by Gasteiger charge is 2.07. The lowest BCUT2D eigenvalue weighted by Gasteiger charge is -2.12. The van der Waals surface area contributed by atoms with Crippen LogP contribution in [0, 0.1) is 0 Å². The Labute approximate surface area is 104 Å². The molecule has 1 aromatic rings. The topological polar surface area (TPSA) is 49.8 Å². The second-order valence-corrected chi connectivity index (χ2v) is 4.46. The summed E-state index contributed by atoms with van der Waals surface area (Å²) in [4.78, 5) is 9.01. The average Bonchev–Trinajstić information content (AvgIpc) is 2.29. The fourth-order valence-corrected chi connectivity index (χ4v) is 1.48. The summed E-state index contributed by atoms with van der Waals surface area (Å²) in [5.74, 6) is 3.07. The van der Waals surface area contributed by atoms with Crippen molar-refractivity contribution in [3.8, 4) is 0 Å². The SMILES string of the molecule is CCCCNc1cc(NCC)nc(C(C)C)n1. The predicted octanol–water partition coefficient (Wildman–Crippen LogP) is 3.24. The highest BCUT2D eigenvalue weighted by molar-refractivity contribution is 5.47. The highest BCUT2D eigenvalue weighted by atomic mass is 15.1. The van der Waals surface area contributed by atoms with Crippen molar-refractivity contribution >= 4 is 11.6 Å². The summed E-state index contributed by atoms with van der Waals surface area (Å²) in [6, 6.07) is 1.98. The molecule has 1 heterocycles. The quantitative estimate of drug-likeness (QED) is 0.714. The molecular formula is C13H24N4. The van der Waals surface area contributed by atoms with Crippen LogP contribution in [0.1, 0.15) is 52.3 Å². The van der Waals surface area contributed by atoms with Crippen LogP contribution in [0.25, 0.3) is 0 Å². The fourth-order valence-electron chi connectivity index (χ4n) is 1.48. The Balaban J connectivity index is 2.79. The first-order valence-corrected chi connectivity index (χ1v) is 6.54. The molecule has 0 radical (unpaired) electrons. The smallest absolute Gasteiger partial charge is 0.135 e. The lowest BCUT2D eigenvalue weighted by molar-refractivity contribution is 0.770. The van der Waals surface area contributed by atoms with Crippen molar-refractivity contribution in [3.63, 3.8) is 0 Å². The van der Waals surface area contributed by atoms with Gasteiger partial charge in [-0.15, -0.1) is 0 Å². The number of aromatic nitrogens is 2. The molecule has 96 valence electrons. The van der Waals surface area contributed by atoms with Gasteiger partial charge >= 0.3 is 0 Å². The highest BCUT2D eigenvalue weighted by Crippen LogP contribution is 2.16. The third-order valence-electron chi connectivity index (χ3n) is 2.45. The number of hydrogen-bond donors (Lipinski definition) is 2. The van der Waals surface area contributed by atoms with Crippen LogP contribution in [0.15, 0.2) is 6.07 Å². The Morgan fingerprint density at radius 2 is 1.76 bits per heavy atom. The third-order valence-corrected chi connectivity index (χ3v) is 2.45. The van der Waals surface area contributed by atoms with E-state index in [1.165, 1.54) is 6.42 Å². The zero-order valence-corrected chi connectivity index (χ0v) is 11.4. The maximum atomic E-state index is 4.52. The van der Waals surface area contributed by atoms with Crippen molar-refractivity contribution < 1.29 is 0 Å². The molecule has 0 unspecified atom stereocenters. The van der Waals surface area contributed by atoms with Gasteiger partial charge in [-0.1, -0.05) is 27.2 Å². The van der Waals surface area contributed by atoms with Gasteiger partial charge in [-0.25, -0.2) is 9.97 Å². The van der Waals surface area contributed by atoms with Gasteiger partial charge in [0.05, 0.1) is 0 Å². The lowest BCUT2D eigenvalue weighted by Crippen LogP contribution is -2.09. The molecule has 1 aromatic heterocycles. The molecule has 0 spiro atoms. The van der Waals surface area contributed by atoms with E-state index in [1.54, 1.807) is 0 Å². The van der Waals surface area contributed by atoms with Gasteiger partial charge in [0.15, 0.2) is 0 Å².